The molecule has 1 fully saturated rings. The summed E-state index contributed by atoms with van der Waals surface area (Å²) in [7, 11) is -2.87. The molecule has 0 aromatic heterocycles. The molecule has 0 aromatic carbocycles. The summed E-state index contributed by atoms with van der Waals surface area (Å²) >= 11 is 0. The first-order valence-corrected chi connectivity index (χ1v) is 6.81. The highest BCUT2D eigenvalue weighted by molar-refractivity contribution is 7.91. The lowest BCUT2D eigenvalue weighted by Gasteiger charge is -2.08. The predicted octanol–water partition coefficient (Wildman–Crippen LogP) is 0.939. The van der Waals surface area contributed by atoms with Crippen molar-refractivity contribution in [3.05, 3.63) is 0 Å². The molecule has 4 heteroatoms. The van der Waals surface area contributed by atoms with Crippen molar-refractivity contribution < 1.29 is 8.42 Å². The van der Waals surface area contributed by atoms with E-state index in [0.717, 1.165) is 12.8 Å². The number of sulfone groups is 1. The molecular weight excluding hydrogens is 186 g/mol. The van der Waals surface area contributed by atoms with Gasteiger partial charge in [0.2, 0.25) is 0 Å². The van der Waals surface area contributed by atoms with Gasteiger partial charge in [-0.1, -0.05) is 19.8 Å². The number of hydrogen-bond donors (Lipinski definition) is 1. The maximum Gasteiger partial charge on any atom is 0.151 e. The summed E-state index contributed by atoms with van der Waals surface area (Å²) in [5.41, 5.74) is 5.60. The molecule has 0 spiro atoms. The molecule has 0 bridgehead atoms. The molecular formula is C9H19NO2S. The minimum absolute atomic E-state index is 0.163. The van der Waals surface area contributed by atoms with Crippen molar-refractivity contribution in [2.75, 3.05) is 11.5 Å². The first kappa shape index (κ1) is 11.0. The van der Waals surface area contributed by atoms with E-state index in [9.17, 15) is 8.42 Å². The molecule has 0 aliphatic heterocycles. The Morgan fingerprint density at radius 1 is 1.46 bits per heavy atom. The molecule has 1 aliphatic carbocycles. The van der Waals surface area contributed by atoms with Crippen LogP contribution in [0.1, 0.15) is 32.6 Å². The Labute approximate surface area is 80.6 Å². The van der Waals surface area contributed by atoms with Gasteiger partial charge in [-0.2, -0.15) is 0 Å². The van der Waals surface area contributed by atoms with Gasteiger partial charge in [0.05, 0.1) is 11.5 Å². The van der Waals surface area contributed by atoms with E-state index < -0.39 is 9.84 Å². The normalized spacial score (nSPS) is 20.2. The first-order valence-electron chi connectivity index (χ1n) is 4.99. The van der Waals surface area contributed by atoms with Crippen molar-refractivity contribution in [1.82, 2.24) is 0 Å². The summed E-state index contributed by atoms with van der Waals surface area (Å²) in [5.74, 6) is 1.19. The third-order valence-corrected chi connectivity index (χ3v) is 4.32. The summed E-state index contributed by atoms with van der Waals surface area (Å²) < 4.78 is 22.9. The summed E-state index contributed by atoms with van der Waals surface area (Å²) in [6.45, 7) is 1.92. The maximum atomic E-state index is 11.5. The van der Waals surface area contributed by atoms with E-state index in [1.54, 1.807) is 0 Å². The smallest absolute Gasteiger partial charge is 0.151 e. The summed E-state index contributed by atoms with van der Waals surface area (Å²) in [5, 5.41) is 0. The van der Waals surface area contributed by atoms with Gasteiger partial charge in [-0.05, 0) is 18.8 Å². The first-order chi connectivity index (χ1) is 6.03. The molecule has 0 amide bonds. The lowest BCUT2D eigenvalue weighted by molar-refractivity contribution is 0.578. The second kappa shape index (κ2) is 4.42. The van der Waals surface area contributed by atoms with E-state index >= 15 is 0 Å². The van der Waals surface area contributed by atoms with Crippen molar-refractivity contribution in [3.8, 4) is 0 Å². The fourth-order valence-corrected chi connectivity index (χ4v) is 3.03. The minimum Gasteiger partial charge on any atom is -0.327 e. The molecule has 0 aromatic rings. The minimum atomic E-state index is -2.87. The van der Waals surface area contributed by atoms with Gasteiger partial charge in [0.15, 0.2) is 9.84 Å². The van der Waals surface area contributed by atoms with E-state index in [1.807, 2.05) is 6.92 Å². The van der Waals surface area contributed by atoms with Crippen molar-refractivity contribution in [3.63, 3.8) is 0 Å². The van der Waals surface area contributed by atoms with Crippen LogP contribution in [0.15, 0.2) is 0 Å². The third kappa shape index (κ3) is 4.62. The number of nitrogens with two attached hydrogens (primary N) is 1. The molecule has 0 saturated heterocycles. The van der Waals surface area contributed by atoms with Crippen LogP contribution in [0.4, 0.5) is 0 Å². The van der Waals surface area contributed by atoms with E-state index in [0.29, 0.717) is 11.7 Å². The molecule has 1 saturated carbocycles. The summed E-state index contributed by atoms with van der Waals surface area (Å²) in [4.78, 5) is 0. The highest BCUT2D eigenvalue weighted by Crippen LogP contribution is 2.32. The summed E-state index contributed by atoms with van der Waals surface area (Å²) in [6.07, 6.45) is 4.02. The number of rotatable bonds is 6. The van der Waals surface area contributed by atoms with Crippen LogP contribution < -0.4 is 5.73 Å². The lowest BCUT2D eigenvalue weighted by Crippen LogP contribution is -2.30. The van der Waals surface area contributed by atoms with Gasteiger partial charge >= 0.3 is 0 Å². The van der Waals surface area contributed by atoms with Gasteiger partial charge in [0, 0.05) is 6.04 Å². The lowest BCUT2D eigenvalue weighted by atomic mass is 10.3. The second-order valence-electron chi connectivity index (χ2n) is 4.01. The van der Waals surface area contributed by atoms with Gasteiger partial charge in [-0.15, -0.1) is 0 Å². The Morgan fingerprint density at radius 3 is 2.54 bits per heavy atom. The van der Waals surface area contributed by atoms with Gasteiger partial charge in [0.25, 0.3) is 0 Å². The SMILES string of the molecule is CCC(N)CS(=O)(=O)CCC1CC1. The molecule has 1 atom stereocenters. The number of hydrogen-bond acceptors (Lipinski definition) is 3. The highest BCUT2D eigenvalue weighted by atomic mass is 32.2. The van der Waals surface area contributed by atoms with Crippen LogP contribution in [-0.4, -0.2) is 26.0 Å². The Morgan fingerprint density at radius 2 is 2.08 bits per heavy atom. The molecule has 1 unspecified atom stereocenters. The fourth-order valence-electron chi connectivity index (χ4n) is 1.28. The predicted molar refractivity (Wildman–Crippen MR) is 54.3 cm³/mol. The van der Waals surface area contributed by atoms with Crippen LogP contribution in [0.2, 0.25) is 0 Å². The molecule has 78 valence electrons. The molecule has 2 N–H and O–H groups in total. The molecule has 1 aliphatic rings. The molecule has 0 radical (unpaired) electrons. The van der Waals surface area contributed by atoms with Crippen LogP contribution in [0.5, 0.6) is 0 Å². The zero-order valence-corrected chi connectivity index (χ0v) is 9.02. The molecule has 0 heterocycles. The highest BCUT2D eigenvalue weighted by Gasteiger charge is 2.24. The fraction of sp³-hybridized carbons (Fsp3) is 1.00. The molecule has 1 rings (SSSR count). The standard InChI is InChI=1S/C9H19NO2S/c1-2-9(10)7-13(11,12)6-5-8-3-4-8/h8-9H,2-7,10H2,1H3. The van der Waals surface area contributed by atoms with Crippen LogP contribution >= 0.6 is 0 Å². The van der Waals surface area contributed by atoms with Gasteiger partial charge < -0.3 is 5.73 Å². The Balaban J connectivity index is 2.26. The van der Waals surface area contributed by atoms with Gasteiger partial charge in [-0.25, -0.2) is 8.42 Å². The zero-order valence-electron chi connectivity index (χ0n) is 8.20. The van der Waals surface area contributed by atoms with Crippen LogP contribution in [0.3, 0.4) is 0 Å². The average Bonchev–Trinajstić information content (AvgIpc) is 2.83. The second-order valence-corrected chi connectivity index (χ2v) is 6.24. The van der Waals surface area contributed by atoms with Crippen LogP contribution in [0.25, 0.3) is 0 Å². The average molecular weight is 205 g/mol. The third-order valence-electron chi connectivity index (χ3n) is 2.53. The zero-order chi connectivity index (χ0) is 9.90. The van der Waals surface area contributed by atoms with E-state index in [2.05, 4.69) is 0 Å². The maximum absolute atomic E-state index is 11.5. The molecule has 3 nitrogen and oxygen atoms in total. The van der Waals surface area contributed by atoms with Crippen molar-refractivity contribution >= 4 is 9.84 Å². The van der Waals surface area contributed by atoms with Crippen LogP contribution in [-0.2, 0) is 9.84 Å². The topological polar surface area (TPSA) is 60.2 Å². The Hall–Kier alpha value is -0.0900. The van der Waals surface area contributed by atoms with Gasteiger partial charge in [-0.3, -0.25) is 0 Å². The Kier molecular flexibility index (Phi) is 3.74. The van der Waals surface area contributed by atoms with Crippen LogP contribution in [0, 0.1) is 5.92 Å². The van der Waals surface area contributed by atoms with E-state index in [1.165, 1.54) is 12.8 Å². The molecule has 13 heavy (non-hydrogen) atoms. The van der Waals surface area contributed by atoms with E-state index in [4.69, 9.17) is 5.73 Å². The largest absolute Gasteiger partial charge is 0.327 e. The quantitative estimate of drug-likeness (QED) is 0.702. The van der Waals surface area contributed by atoms with Crippen molar-refractivity contribution in [1.29, 1.82) is 0 Å². The van der Waals surface area contributed by atoms with E-state index in [-0.39, 0.29) is 11.8 Å². The van der Waals surface area contributed by atoms with Crippen molar-refractivity contribution in [2.24, 2.45) is 11.7 Å². The monoisotopic (exact) mass is 205 g/mol. The van der Waals surface area contributed by atoms with Gasteiger partial charge in [0.1, 0.15) is 0 Å². The van der Waals surface area contributed by atoms with Crippen molar-refractivity contribution in [2.45, 2.75) is 38.6 Å². The summed E-state index contributed by atoms with van der Waals surface area (Å²) in [6, 6.07) is -0.177. The Bertz CT molecular complexity index is 244.